The van der Waals surface area contributed by atoms with Crippen LogP contribution in [0.5, 0.6) is 11.8 Å². The summed E-state index contributed by atoms with van der Waals surface area (Å²) in [7, 11) is 1.37. The highest BCUT2D eigenvalue weighted by Gasteiger charge is 2.27. The maximum Gasteiger partial charge on any atom is 0.320 e. The van der Waals surface area contributed by atoms with Gasteiger partial charge >= 0.3 is 23.8 Å². The number of amides is 1. The van der Waals surface area contributed by atoms with Crippen molar-refractivity contribution in [2.24, 2.45) is 5.92 Å². The summed E-state index contributed by atoms with van der Waals surface area (Å²) in [6.45, 7) is 0. The van der Waals surface area contributed by atoms with E-state index in [1.165, 1.54) is 19.2 Å². The predicted molar refractivity (Wildman–Crippen MR) is 117 cm³/mol. The normalized spacial score (nSPS) is 17.5. The van der Waals surface area contributed by atoms with E-state index in [4.69, 9.17) is 19.0 Å². The van der Waals surface area contributed by atoms with Crippen molar-refractivity contribution in [3.63, 3.8) is 0 Å². The number of hydrogen-bond acceptors (Lipinski definition) is 9. The summed E-state index contributed by atoms with van der Waals surface area (Å²) < 4.78 is 42.7. The third kappa shape index (κ3) is 5.80. The lowest BCUT2D eigenvalue weighted by atomic mass is 9.87. The van der Waals surface area contributed by atoms with E-state index in [1.807, 2.05) is 0 Å². The first kappa shape index (κ1) is 23.9. The lowest BCUT2D eigenvalue weighted by Crippen LogP contribution is -2.28. The topological polar surface area (TPSA) is 149 Å². The Bertz CT molecular complexity index is 1230. The Hall–Kier alpha value is -4.29. The van der Waals surface area contributed by atoms with Gasteiger partial charge in [-0.3, -0.25) is 9.59 Å². The molecule has 11 nitrogen and oxygen atoms in total. The number of nitrogens with zero attached hydrogens (tertiary/aromatic N) is 3. The molecule has 1 aromatic carbocycles. The molecule has 0 radical (unpaired) electrons. The van der Waals surface area contributed by atoms with Crippen molar-refractivity contribution in [2.75, 3.05) is 17.7 Å². The van der Waals surface area contributed by atoms with E-state index in [-0.39, 0.29) is 41.2 Å². The second-order valence-electron chi connectivity index (χ2n) is 7.76. The van der Waals surface area contributed by atoms with Crippen LogP contribution < -0.4 is 20.1 Å². The fraction of sp³-hybridized carbons (Fsp3) is 0.318. The molecule has 1 amide bonds. The summed E-state index contributed by atoms with van der Waals surface area (Å²) in [5.41, 5.74) is 0.366. The summed E-state index contributed by atoms with van der Waals surface area (Å²) in [4.78, 5) is 27.9. The van der Waals surface area contributed by atoms with Crippen molar-refractivity contribution in [2.45, 2.75) is 31.8 Å². The second-order valence-corrected chi connectivity index (χ2v) is 7.76. The lowest BCUT2D eigenvalue weighted by molar-refractivity contribution is -0.143. The molecule has 0 spiro atoms. The fourth-order valence-corrected chi connectivity index (χ4v) is 3.58. The molecular formula is C22H21F2N5O6. The molecule has 1 aliphatic carbocycles. The summed E-state index contributed by atoms with van der Waals surface area (Å²) in [6, 6.07) is 5.96. The number of aromatic nitrogens is 3. The van der Waals surface area contributed by atoms with Gasteiger partial charge in [-0.25, -0.2) is 8.78 Å². The van der Waals surface area contributed by atoms with Crippen molar-refractivity contribution in [1.82, 2.24) is 15.2 Å². The van der Waals surface area contributed by atoms with E-state index in [9.17, 15) is 18.4 Å². The molecule has 4 rings (SSSR count). The zero-order chi connectivity index (χ0) is 24.9. The van der Waals surface area contributed by atoms with Gasteiger partial charge in [0.1, 0.15) is 11.8 Å². The Morgan fingerprint density at radius 3 is 2.54 bits per heavy atom. The molecule has 184 valence electrons. The smallest absolute Gasteiger partial charge is 0.320 e. The first-order valence-corrected chi connectivity index (χ1v) is 10.6. The minimum absolute atomic E-state index is 0.0784. The molecule has 2 aromatic heterocycles. The highest BCUT2D eigenvalue weighted by atomic mass is 19.2. The maximum atomic E-state index is 13.3. The zero-order valence-electron chi connectivity index (χ0n) is 18.5. The number of carbonyl (C=O) groups excluding carboxylic acids is 1. The molecule has 0 bridgehead atoms. The van der Waals surface area contributed by atoms with Gasteiger partial charge in [0.15, 0.2) is 11.6 Å². The Morgan fingerprint density at radius 1 is 1.09 bits per heavy atom. The van der Waals surface area contributed by atoms with Crippen molar-refractivity contribution in [1.29, 1.82) is 0 Å². The summed E-state index contributed by atoms with van der Waals surface area (Å²) in [5.74, 6) is -4.02. The number of methoxy groups -OCH3 is 1. The summed E-state index contributed by atoms with van der Waals surface area (Å²) in [6.07, 6.45) is 2.09. The van der Waals surface area contributed by atoms with Gasteiger partial charge in [0.05, 0.1) is 13.0 Å². The first-order valence-electron chi connectivity index (χ1n) is 10.6. The SMILES string of the molecule is COc1nc(O[C@H]2CC[C@@H](C(=O)O)CC2)ccc1NC(=O)c1nnc(Nc2ccc(F)c(F)c2)o1. The summed E-state index contributed by atoms with van der Waals surface area (Å²) >= 11 is 0. The average molecular weight is 489 g/mol. The second kappa shape index (κ2) is 10.3. The van der Waals surface area contributed by atoms with Gasteiger partial charge in [0.25, 0.3) is 0 Å². The van der Waals surface area contributed by atoms with Crippen LogP contribution in [0.1, 0.15) is 36.4 Å². The van der Waals surface area contributed by atoms with Gasteiger partial charge in [0.2, 0.25) is 11.8 Å². The quantitative estimate of drug-likeness (QED) is 0.427. The monoisotopic (exact) mass is 489 g/mol. The van der Waals surface area contributed by atoms with Crippen LogP contribution in [0.15, 0.2) is 34.7 Å². The lowest BCUT2D eigenvalue weighted by Gasteiger charge is -2.26. The zero-order valence-corrected chi connectivity index (χ0v) is 18.5. The van der Waals surface area contributed by atoms with E-state index >= 15 is 0 Å². The molecule has 0 aliphatic heterocycles. The van der Waals surface area contributed by atoms with E-state index in [0.717, 1.165) is 12.1 Å². The van der Waals surface area contributed by atoms with Crippen molar-refractivity contribution in [3.05, 3.63) is 47.9 Å². The van der Waals surface area contributed by atoms with E-state index < -0.39 is 29.4 Å². The standard InChI is InChI=1S/C22H21F2N5O6/c1-33-19-16(8-9-17(27-19)34-13-5-2-11(3-6-13)21(31)32)26-18(30)20-28-29-22(35-20)25-12-4-7-14(23)15(24)10-12/h4,7-11,13H,2-3,5-6H2,1H3,(H,25,29)(H,26,30)(H,31,32)/t11-,13+. The largest absolute Gasteiger partial charge is 0.481 e. The van der Waals surface area contributed by atoms with Gasteiger partial charge in [-0.1, -0.05) is 5.10 Å². The maximum absolute atomic E-state index is 13.3. The van der Waals surface area contributed by atoms with E-state index in [0.29, 0.717) is 25.7 Å². The molecule has 1 aliphatic rings. The van der Waals surface area contributed by atoms with E-state index in [1.54, 1.807) is 6.07 Å². The van der Waals surface area contributed by atoms with Crippen LogP contribution in [0.4, 0.5) is 26.2 Å². The molecule has 0 unspecified atom stereocenters. The highest BCUT2D eigenvalue weighted by Crippen LogP contribution is 2.30. The number of benzene rings is 1. The average Bonchev–Trinajstić information content (AvgIpc) is 3.31. The van der Waals surface area contributed by atoms with Gasteiger partial charge in [-0.2, -0.15) is 4.98 Å². The molecule has 0 saturated heterocycles. The molecule has 3 N–H and O–H groups in total. The number of carboxylic acids is 1. The van der Waals surface area contributed by atoms with E-state index in [2.05, 4.69) is 25.8 Å². The third-order valence-corrected chi connectivity index (χ3v) is 5.38. The predicted octanol–water partition coefficient (Wildman–Crippen LogP) is 3.77. The number of halogens is 2. The molecule has 1 saturated carbocycles. The van der Waals surface area contributed by atoms with Crippen molar-refractivity contribution < 1.29 is 37.4 Å². The minimum atomic E-state index is -1.06. The Morgan fingerprint density at radius 2 is 1.86 bits per heavy atom. The number of carboxylic acid groups (broad SMARTS) is 1. The minimum Gasteiger partial charge on any atom is -0.481 e. The Labute approximate surface area is 197 Å². The molecule has 0 atom stereocenters. The molecular weight excluding hydrogens is 468 g/mol. The van der Waals surface area contributed by atoms with Crippen LogP contribution in [-0.4, -0.2) is 45.4 Å². The van der Waals surface area contributed by atoms with Gasteiger partial charge in [-0.05, 0) is 43.9 Å². The summed E-state index contributed by atoms with van der Waals surface area (Å²) in [5, 5.41) is 21.5. The fourth-order valence-electron chi connectivity index (χ4n) is 3.58. The van der Waals surface area contributed by atoms with Gasteiger partial charge < -0.3 is 29.6 Å². The molecule has 35 heavy (non-hydrogen) atoms. The van der Waals surface area contributed by atoms with Crippen LogP contribution in [0, 0.1) is 17.6 Å². The molecule has 3 aromatic rings. The number of rotatable bonds is 8. The molecule has 13 heteroatoms. The number of pyridine rings is 1. The van der Waals surface area contributed by atoms with Crippen LogP contribution in [0.3, 0.4) is 0 Å². The van der Waals surface area contributed by atoms with Crippen LogP contribution in [0.25, 0.3) is 0 Å². The number of anilines is 3. The van der Waals surface area contributed by atoms with Crippen LogP contribution >= 0.6 is 0 Å². The first-order chi connectivity index (χ1) is 16.8. The number of carbonyl (C=O) groups is 2. The number of ether oxygens (including phenoxy) is 2. The third-order valence-electron chi connectivity index (χ3n) is 5.38. The van der Waals surface area contributed by atoms with Crippen molar-refractivity contribution in [3.8, 4) is 11.8 Å². The number of nitrogens with one attached hydrogen (secondary N) is 2. The Balaban J connectivity index is 1.37. The highest BCUT2D eigenvalue weighted by molar-refractivity contribution is 6.01. The van der Waals surface area contributed by atoms with Crippen LogP contribution in [0.2, 0.25) is 0 Å². The Kier molecular flexibility index (Phi) is 7.03. The molecule has 1 fully saturated rings. The van der Waals surface area contributed by atoms with Crippen molar-refractivity contribution >= 4 is 29.3 Å². The van der Waals surface area contributed by atoms with Crippen LogP contribution in [-0.2, 0) is 4.79 Å². The van der Waals surface area contributed by atoms with Gasteiger partial charge in [0, 0.05) is 17.8 Å². The number of aliphatic carboxylic acids is 1. The van der Waals surface area contributed by atoms with Gasteiger partial charge in [-0.15, -0.1) is 5.10 Å². The number of hydrogen-bond donors (Lipinski definition) is 3. The molecule has 2 heterocycles.